The maximum Gasteiger partial charge on any atom is 0.255 e. The fourth-order valence-electron chi connectivity index (χ4n) is 2.31. The van der Waals surface area contributed by atoms with Crippen LogP contribution in [0.1, 0.15) is 34.6 Å². The lowest BCUT2D eigenvalue weighted by Crippen LogP contribution is -2.30. The van der Waals surface area contributed by atoms with Crippen molar-refractivity contribution in [3.8, 4) is 0 Å². The number of carbonyl (C=O) groups excluding carboxylic acids is 2. The lowest BCUT2D eigenvalue weighted by Gasteiger charge is -2.19. The summed E-state index contributed by atoms with van der Waals surface area (Å²) < 4.78 is 26.4. The molecule has 2 amide bonds. The molecule has 0 aromatic heterocycles. The number of nitrogens with one attached hydrogen (secondary N) is 1. The predicted molar refractivity (Wildman–Crippen MR) is 88.0 cm³/mol. The topological polar surface area (TPSA) is 49.4 Å². The van der Waals surface area contributed by atoms with E-state index in [1.165, 1.54) is 6.07 Å². The van der Waals surface area contributed by atoms with E-state index in [0.29, 0.717) is 30.4 Å². The van der Waals surface area contributed by atoms with E-state index < -0.39 is 17.5 Å². The Bertz CT molecular complexity index is 738. The molecule has 2 aromatic rings. The molecule has 2 rings (SSSR count). The average Bonchev–Trinajstić information content (AvgIpc) is 2.55. The summed E-state index contributed by atoms with van der Waals surface area (Å²) in [6.45, 7) is 4.92. The Balaban J connectivity index is 2.20. The molecule has 0 atom stereocenters. The van der Waals surface area contributed by atoms with Crippen molar-refractivity contribution in [3.63, 3.8) is 0 Å². The molecule has 0 bridgehead atoms. The molecular weight excluding hydrogens is 314 g/mol. The Morgan fingerprint density at radius 2 is 1.58 bits per heavy atom. The number of benzene rings is 2. The summed E-state index contributed by atoms with van der Waals surface area (Å²) in [5, 5.41) is 2.54. The average molecular weight is 332 g/mol. The van der Waals surface area contributed by atoms with Crippen LogP contribution in [0.2, 0.25) is 0 Å². The van der Waals surface area contributed by atoms with Gasteiger partial charge in [-0.25, -0.2) is 8.78 Å². The van der Waals surface area contributed by atoms with Crippen LogP contribution in [0.5, 0.6) is 0 Å². The second kappa shape index (κ2) is 7.68. The second-order valence-electron chi connectivity index (χ2n) is 5.17. The minimum absolute atomic E-state index is 0.132. The zero-order valence-corrected chi connectivity index (χ0v) is 13.5. The van der Waals surface area contributed by atoms with E-state index >= 15 is 0 Å². The number of halogens is 2. The monoisotopic (exact) mass is 332 g/mol. The van der Waals surface area contributed by atoms with Gasteiger partial charge in [-0.2, -0.15) is 0 Å². The van der Waals surface area contributed by atoms with Crippen molar-refractivity contribution < 1.29 is 18.4 Å². The van der Waals surface area contributed by atoms with Gasteiger partial charge in [-0.15, -0.1) is 0 Å². The lowest BCUT2D eigenvalue weighted by molar-refractivity contribution is 0.0772. The molecule has 2 aromatic carbocycles. The normalized spacial score (nSPS) is 10.3. The highest BCUT2D eigenvalue weighted by molar-refractivity contribution is 6.05. The van der Waals surface area contributed by atoms with Gasteiger partial charge in [0.25, 0.3) is 11.8 Å². The lowest BCUT2D eigenvalue weighted by atomic mass is 10.1. The third-order valence-electron chi connectivity index (χ3n) is 3.54. The Morgan fingerprint density at radius 1 is 0.958 bits per heavy atom. The summed E-state index contributed by atoms with van der Waals surface area (Å²) >= 11 is 0. The minimum Gasteiger partial charge on any atom is -0.339 e. The van der Waals surface area contributed by atoms with Crippen molar-refractivity contribution in [1.29, 1.82) is 0 Å². The molecule has 24 heavy (non-hydrogen) atoms. The molecule has 1 N–H and O–H groups in total. The first-order chi connectivity index (χ1) is 11.4. The van der Waals surface area contributed by atoms with Crippen LogP contribution in [-0.2, 0) is 0 Å². The van der Waals surface area contributed by atoms with Crippen LogP contribution in [0.25, 0.3) is 0 Å². The molecule has 0 saturated heterocycles. The van der Waals surface area contributed by atoms with Gasteiger partial charge >= 0.3 is 0 Å². The molecule has 0 aliphatic heterocycles. The van der Waals surface area contributed by atoms with Crippen molar-refractivity contribution >= 4 is 17.5 Å². The SMILES string of the molecule is CCN(CC)C(=O)c1cccc(NC(=O)c2cc(F)cc(F)c2)c1. The molecule has 0 heterocycles. The summed E-state index contributed by atoms with van der Waals surface area (Å²) in [6.07, 6.45) is 0. The quantitative estimate of drug-likeness (QED) is 0.907. The fraction of sp³-hybridized carbons (Fsp3) is 0.222. The molecule has 4 nitrogen and oxygen atoms in total. The summed E-state index contributed by atoms with van der Waals surface area (Å²) in [5.74, 6) is -2.45. The standard InChI is InChI=1S/C18H18F2N2O2/c1-3-22(4-2)18(24)12-6-5-7-16(10-12)21-17(23)13-8-14(19)11-15(20)9-13/h5-11H,3-4H2,1-2H3,(H,21,23). The highest BCUT2D eigenvalue weighted by atomic mass is 19.1. The first-order valence-corrected chi connectivity index (χ1v) is 7.61. The molecule has 0 aliphatic carbocycles. The van der Waals surface area contributed by atoms with E-state index in [-0.39, 0.29) is 11.5 Å². The van der Waals surface area contributed by atoms with Gasteiger partial charge in [0.15, 0.2) is 0 Å². The first kappa shape index (κ1) is 17.6. The van der Waals surface area contributed by atoms with Crippen molar-refractivity contribution in [1.82, 2.24) is 4.90 Å². The molecular formula is C18H18F2N2O2. The van der Waals surface area contributed by atoms with Crippen molar-refractivity contribution in [2.45, 2.75) is 13.8 Å². The summed E-state index contributed by atoms with van der Waals surface area (Å²) in [7, 11) is 0. The van der Waals surface area contributed by atoms with Gasteiger partial charge in [-0.05, 0) is 44.2 Å². The second-order valence-corrected chi connectivity index (χ2v) is 5.17. The van der Waals surface area contributed by atoms with Gasteiger partial charge in [-0.3, -0.25) is 9.59 Å². The number of amides is 2. The van der Waals surface area contributed by atoms with Gasteiger partial charge in [0, 0.05) is 36.0 Å². The third-order valence-corrected chi connectivity index (χ3v) is 3.54. The van der Waals surface area contributed by atoms with Crippen LogP contribution < -0.4 is 5.32 Å². The maximum atomic E-state index is 13.2. The van der Waals surface area contributed by atoms with Crippen LogP contribution in [-0.4, -0.2) is 29.8 Å². The molecule has 0 aliphatic rings. The number of rotatable bonds is 5. The van der Waals surface area contributed by atoms with Gasteiger partial charge < -0.3 is 10.2 Å². The molecule has 0 fully saturated rings. The van der Waals surface area contributed by atoms with Gasteiger partial charge in [-0.1, -0.05) is 6.07 Å². The molecule has 0 radical (unpaired) electrons. The van der Waals surface area contributed by atoms with E-state index in [1.54, 1.807) is 23.1 Å². The van der Waals surface area contributed by atoms with Crippen molar-refractivity contribution in [2.24, 2.45) is 0 Å². The number of hydrogen-bond donors (Lipinski definition) is 1. The number of hydrogen-bond acceptors (Lipinski definition) is 2. The fourth-order valence-corrected chi connectivity index (χ4v) is 2.31. The highest BCUT2D eigenvalue weighted by Crippen LogP contribution is 2.15. The largest absolute Gasteiger partial charge is 0.339 e. The number of anilines is 1. The summed E-state index contributed by atoms with van der Waals surface area (Å²) in [5.41, 5.74) is 0.678. The Labute approximate surface area is 139 Å². The van der Waals surface area contributed by atoms with Crippen LogP contribution in [0, 0.1) is 11.6 Å². The smallest absolute Gasteiger partial charge is 0.255 e. The van der Waals surface area contributed by atoms with Crippen LogP contribution in [0.4, 0.5) is 14.5 Å². The highest BCUT2D eigenvalue weighted by Gasteiger charge is 2.14. The van der Waals surface area contributed by atoms with E-state index in [9.17, 15) is 18.4 Å². The van der Waals surface area contributed by atoms with Gasteiger partial charge in [0.2, 0.25) is 0 Å². The van der Waals surface area contributed by atoms with Gasteiger partial charge in [0.1, 0.15) is 11.6 Å². The summed E-state index contributed by atoms with van der Waals surface area (Å²) in [4.78, 5) is 26.1. The van der Waals surface area contributed by atoms with E-state index in [2.05, 4.69) is 5.32 Å². The molecule has 0 unspecified atom stereocenters. The zero-order valence-electron chi connectivity index (χ0n) is 13.5. The van der Waals surface area contributed by atoms with Crippen LogP contribution in [0.3, 0.4) is 0 Å². The first-order valence-electron chi connectivity index (χ1n) is 7.61. The summed E-state index contributed by atoms with van der Waals surface area (Å²) in [6, 6.07) is 9.02. The van der Waals surface area contributed by atoms with Crippen LogP contribution in [0.15, 0.2) is 42.5 Å². The number of nitrogens with zero attached hydrogens (tertiary/aromatic N) is 1. The van der Waals surface area contributed by atoms with E-state index in [1.807, 2.05) is 13.8 Å². The molecule has 126 valence electrons. The minimum atomic E-state index is -0.828. The Kier molecular flexibility index (Phi) is 5.63. The molecule has 6 heteroatoms. The predicted octanol–water partition coefficient (Wildman–Crippen LogP) is 3.70. The molecule has 0 saturated carbocycles. The molecule has 0 spiro atoms. The zero-order chi connectivity index (χ0) is 17.7. The maximum absolute atomic E-state index is 13.2. The third kappa shape index (κ3) is 4.16. The van der Waals surface area contributed by atoms with Crippen molar-refractivity contribution in [2.75, 3.05) is 18.4 Å². The Hall–Kier alpha value is -2.76. The van der Waals surface area contributed by atoms with E-state index in [0.717, 1.165) is 12.1 Å². The van der Waals surface area contributed by atoms with Crippen molar-refractivity contribution in [3.05, 3.63) is 65.2 Å². The number of carbonyl (C=O) groups is 2. The van der Waals surface area contributed by atoms with E-state index in [4.69, 9.17) is 0 Å². The Morgan fingerprint density at radius 3 is 2.17 bits per heavy atom. The van der Waals surface area contributed by atoms with Gasteiger partial charge in [0.05, 0.1) is 0 Å². The van der Waals surface area contributed by atoms with Crippen LogP contribution >= 0.6 is 0 Å².